The Kier molecular flexibility index (Phi) is 6.81. The highest BCUT2D eigenvalue weighted by atomic mass is 19.3. The third kappa shape index (κ3) is 6.71. The average molecular weight is 273 g/mol. The Labute approximate surface area is 110 Å². The van der Waals surface area contributed by atoms with Crippen LogP contribution in [0, 0.1) is 0 Å². The summed E-state index contributed by atoms with van der Waals surface area (Å²) < 4.78 is 32.6. The molecular formula is C13H17F2NO3. The highest BCUT2D eigenvalue weighted by Gasteiger charge is 2.03. The van der Waals surface area contributed by atoms with Crippen LogP contribution >= 0.6 is 0 Å². The number of alkyl halides is 2. The number of rotatable bonds is 8. The number of methoxy groups -OCH3 is 1. The zero-order chi connectivity index (χ0) is 14.1. The number of hydrogen-bond donors (Lipinski definition) is 1. The molecule has 0 aliphatic heterocycles. The second kappa shape index (κ2) is 8.42. The Morgan fingerprint density at radius 2 is 2.00 bits per heavy atom. The van der Waals surface area contributed by atoms with E-state index in [-0.39, 0.29) is 11.7 Å². The van der Waals surface area contributed by atoms with E-state index < -0.39 is 6.61 Å². The van der Waals surface area contributed by atoms with Gasteiger partial charge in [0.25, 0.3) is 0 Å². The molecule has 106 valence electrons. The molecule has 0 radical (unpaired) electrons. The molecule has 19 heavy (non-hydrogen) atoms. The molecule has 4 nitrogen and oxygen atoms in total. The summed E-state index contributed by atoms with van der Waals surface area (Å²) >= 11 is 0. The van der Waals surface area contributed by atoms with Gasteiger partial charge in [-0.15, -0.1) is 0 Å². The molecular weight excluding hydrogens is 256 g/mol. The minimum absolute atomic E-state index is 0.143. The fourth-order valence-corrected chi connectivity index (χ4v) is 1.48. The zero-order valence-electron chi connectivity index (χ0n) is 10.7. The van der Waals surface area contributed by atoms with Gasteiger partial charge in [-0.25, -0.2) is 0 Å². The molecule has 0 spiro atoms. The van der Waals surface area contributed by atoms with Crippen molar-refractivity contribution < 1.29 is 23.0 Å². The number of ether oxygens (including phenoxy) is 2. The fourth-order valence-electron chi connectivity index (χ4n) is 1.48. The monoisotopic (exact) mass is 273 g/mol. The highest BCUT2D eigenvalue weighted by Crippen LogP contribution is 2.14. The van der Waals surface area contributed by atoms with Crippen molar-refractivity contribution in [1.82, 2.24) is 5.32 Å². The van der Waals surface area contributed by atoms with Crippen LogP contribution in [0.2, 0.25) is 0 Å². The van der Waals surface area contributed by atoms with E-state index in [1.165, 1.54) is 19.2 Å². The maximum atomic E-state index is 11.9. The molecule has 0 atom stereocenters. The minimum Gasteiger partial charge on any atom is -0.469 e. The molecule has 0 heterocycles. The molecule has 1 aromatic carbocycles. The number of hydrogen-bond acceptors (Lipinski definition) is 4. The van der Waals surface area contributed by atoms with Crippen LogP contribution in [-0.4, -0.2) is 26.2 Å². The van der Waals surface area contributed by atoms with Crippen molar-refractivity contribution in [3.63, 3.8) is 0 Å². The first-order chi connectivity index (χ1) is 9.11. The van der Waals surface area contributed by atoms with Gasteiger partial charge in [-0.1, -0.05) is 12.1 Å². The van der Waals surface area contributed by atoms with Crippen LogP contribution in [0.4, 0.5) is 8.78 Å². The smallest absolute Gasteiger partial charge is 0.387 e. The maximum Gasteiger partial charge on any atom is 0.387 e. The summed E-state index contributed by atoms with van der Waals surface area (Å²) in [5.41, 5.74) is 0.958. The van der Waals surface area contributed by atoms with Gasteiger partial charge in [-0.2, -0.15) is 8.78 Å². The number of carbonyl (C=O) groups is 1. The van der Waals surface area contributed by atoms with Gasteiger partial charge < -0.3 is 14.8 Å². The van der Waals surface area contributed by atoms with Crippen LogP contribution in [0.3, 0.4) is 0 Å². The summed E-state index contributed by atoms with van der Waals surface area (Å²) in [6.45, 7) is -1.51. The molecule has 0 saturated carbocycles. The van der Waals surface area contributed by atoms with Gasteiger partial charge in [0, 0.05) is 13.0 Å². The molecule has 0 saturated heterocycles. The molecule has 0 amide bonds. The van der Waals surface area contributed by atoms with E-state index in [2.05, 4.69) is 14.8 Å². The standard InChI is InChI=1S/C13H17F2NO3/c1-18-12(17)3-2-8-16-9-10-4-6-11(7-5-10)19-13(14)15/h4-7,13,16H,2-3,8-9H2,1H3. The lowest BCUT2D eigenvalue weighted by Crippen LogP contribution is -2.16. The molecule has 1 rings (SSSR count). The summed E-state index contributed by atoms with van der Waals surface area (Å²) in [5.74, 6) is -0.0836. The van der Waals surface area contributed by atoms with Crippen molar-refractivity contribution in [2.45, 2.75) is 26.0 Å². The second-order valence-corrected chi connectivity index (χ2v) is 3.88. The fraction of sp³-hybridized carbons (Fsp3) is 0.462. The molecule has 0 aromatic heterocycles. The van der Waals surface area contributed by atoms with Crippen molar-refractivity contribution in [2.24, 2.45) is 0 Å². The molecule has 0 unspecified atom stereocenters. The lowest BCUT2D eigenvalue weighted by Gasteiger charge is -2.07. The van der Waals surface area contributed by atoms with Gasteiger partial charge in [0.15, 0.2) is 0 Å². The van der Waals surface area contributed by atoms with E-state index in [9.17, 15) is 13.6 Å². The third-order valence-corrected chi connectivity index (χ3v) is 2.44. The average Bonchev–Trinajstić information content (AvgIpc) is 2.39. The SMILES string of the molecule is COC(=O)CCCNCc1ccc(OC(F)F)cc1. The van der Waals surface area contributed by atoms with Gasteiger partial charge in [-0.3, -0.25) is 4.79 Å². The predicted octanol–water partition coefficient (Wildman–Crippen LogP) is 2.33. The lowest BCUT2D eigenvalue weighted by molar-refractivity contribution is -0.140. The van der Waals surface area contributed by atoms with Crippen molar-refractivity contribution in [2.75, 3.05) is 13.7 Å². The van der Waals surface area contributed by atoms with Gasteiger partial charge >= 0.3 is 12.6 Å². The highest BCUT2D eigenvalue weighted by molar-refractivity contribution is 5.69. The van der Waals surface area contributed by atoms with Crippen molar-refractivity contribution in [3.8, 4) is 5.75 Å². The van der Waals surface area contributed by atoms with E-state index in [4.69, 9.17) is 0 Å². The summed E-state index contributed by atoms with van der Waals surface area (Å²) in [4.78, 5) is 10.8. The van der Waals surface area contributed by atoms with Crippen molar-refractivity contribution in [3.05, 3.63) is 29.8 Å². The number of carbonyl (C=O) groups excluding carboxylic acids is 1. The number of benzene rings is 1. The van der Waals surface area contributed by atoms with Crippen LogP contribution in [-0.2, 0) is 16.1 Å². The van der Waals surface area contributed by atoms with E-state index in [0.717, 1.165) is 5.56 Å². The van der Waals surface area contributed by atoms with Crippen LogP contribution in [0.1, 0.15) is 18.4 Å². The van der Waals surface area contributed by atoms with Crippen molar-refractivity contribution in [1.29, 1.82) is 0 Å². The summed E-state index contributed by atoms with van der Waals surface area (Å²) in [6.07, 6.45) is 1.07. The Morgan fingerprint density at radius 3 is 2.58 bits per heavy atom. The largest absolute Gasteiger partial charge is 0.469 e. The van der Waals surface area contributed by atoms with E-state index >= 15 is 0 Å². The van der Waals surface area contributed by atoms with E-state index in [0.29, 0.717) is 25.9 Å². The first-order valence-corrected chi connectivity index (χ1v) is 5.93. The summed E-state index contributed by atoms with van der Waals surface area (Å²) in [7, 11) is 1.36. The van der Waals surface area contributed by atoms with Crippen LogP contribution < -0.4 is 10.1 Å². The maximum absolute atomic E-state index is 11.9. The van der Waals surface area contributed by atoms with Crippen LogP contribution in [0.25, 0.3) is 0 Å². The topological polar surface area (TPSA) is 47.6 Å². The van der Waals surface area contributed by atoms with E-state index in [1.807, 2.05) is 0 Å². The van der Waals surface area contributed by atoms with Gasteiger partial charge in [0.05, 0.1) is 7.11 Å². The first kappa shape index (κ1) is 15.4. The molecule has 0 aliphatic carbocycles. The number of esters is 1. The first-order valence-electron chi connectivity index (χ1n) is 5.93. The number of nitrogens with one attached hydrogen (secondary N) is 1. The third-order valence-electron chi connectivity index (χ3n) is 2.44. The van der Waals surface area contributed by atoms with Gasteiger partial charge in [0.1, 0.15) is 5.75 Å². The molecule has 0 fully saturated rings. The number of halogens is 2. The Bertz CT molecular complexity index is 382. The quantitative estimate of drug-likeness (QED) is 0.583. The predicted molar refractivity (Wildman–Crippen MR) is 66.0 cm³/mol. The Balaban J connectivity index is 2.21. The van der Waals surface area contributed by atoms with Crippen LogP contribution in [0.15, 0.2) is 24.3 Å². The minimum atomic E-state index is -2.80. The summed E-state index contributed by atoms with van der Waals surface area (Å²) in [5, 5.41) is 3.14. The second-order valence-electron chi connectivity index (χ2n) is 3.88. The molecule has 1 aromatic rings. The zero-order valence-corrected chi connectivity index (χ0v) is 10.7. The normalized spacial score (nSPS) is 10.5. The molecule has 1 N–H and O–H groups in total. The molecule has 0 bridgehead atoms. The molecule has 6 heteroatoms. The summed E-state index contributed by atoms with van der Waals surface area (Å²) in [6, 6.07) is 6.42. The van der Waals surface area contributed by atoms with E-state index in [1.54, 1.807) is 12.1 Å². The van der Waals surface area contributed by atoms with Crippen molar-refractivity contribution >= 4 is 5.97 Å². The van der Waals surface area contributed by atoms with Gasteiger partial charge in [0.2, 0.25) is 0 Å². The molecule has 0 aliphatic rings. The Hall–Kier alpha value is -1.69. The van der Waals surface area contributed by atoms with Gasteiger partial charge in [-0.05, 0) is 30.7 Å². The lowest BCUT2D eigenvalue weighted by atomic mass is 10.2. The van der Waals surface area contributed by atoms with Crippen LogP contribution in [0.5, 0.6) is 5.75 Å². The Morgan fingerprint density at radius 1 is 1.32 bits per heavy atom.